The highest BCUT2D eigenvalue weighted by molar-refractivity contribution is 7.99. The molecule has 0 bridgehead atoms. The molecule has 0 unspecified atom stereocenters. The van der Waals surface area contributed by atoms with Crippen molar-refractivity contribution in [1.29, 1.82) is 0 Å². The first-order valence-corrected chi connectivity index (χ1v) is 8.26. The molecule has 0 radical (unpaired) electrons. The standard InChI is InChI=1S/C16H17N3O2S/c1-19(9-11-6-7-22-10-11)15(20)8-14-12-4-2-3-5-13(12)16(21)18-17-14/h2-6H,7-10H2,1H3,(H,18,21). The first-order chi connectivity index (χ1) is 10.6. The Morgan fingerprint density at radius 3 is 2.86 bits per heavy atom. The van der Waals surface area contributed by atoms with Gasteiger partial charge in [-0.05, 0) is 11.6 Å². The first kappa shape index (κ1) is 14.8. The molecule has 0 fully saturated rings. The van der Waals surface area contributed by atoms with Crippen LogP contribution in [0.1, 0.15) is 5.69 Å². The van der Waals surface area contributed by atoms with Gasteiger partial charge in [0.25, 0.3) is 5.56 Å². The number of thioether (sulfide) groups is 1. The van der Waals surface area contributed by atoms with Crippen LogP contribution in [0, 0.1) is 0 Å². The predicted molar refractivity (Wildman–Crippen MR) is 89.1 cm³/mol. The molecule has 0 spiro atoms. The minimum absolute atomic E-state index is 0.00232. The molecule has 3 rings (SSSR count). The minimum atomic E-state index is -0.228. The Bertz CT molecular complexity index is 797. The van der Waals surface area contributed by atoms with Gasteiger partial charge in [0, 0.05) is 30.5 Å². The van der Waals surface area contributed by atoms with Crippen LogP contribution < -0.4 is 5.56 Å². The lowest BCUT2D eigenvalue weighted by Gasteiger charge is -2.17. The Morgan fingerprint density at radius 2 is 2.14 bits per heavy atom. The number of carbonyl (C=O) groups excluding carboxylic acids is 1. The van der Waals surface area contributed by atoms with Crippen molar-refractivity contribution in [2.24, 2.45) is 0 Å². The molecule has 1 aromatic carbocycles. The van der Waals surface area contributed by atoms with Gasteiger partial charge in [0.1, 0.15) is 0 Å². The number of H-pyrrole nitrogens is 1. The summed E-state index contributed by atoms with van der Waals surface area (Å²) in [5, 5.41) is 7.83. The van der Waals surface area contributed by atoms with E-state index in [0.29, 0.717) is 17.6 Å². The Hall–Kier alpha value is -2.08. The summed E-state index contributed by atoms with van der Waals surface area (Å²) < 4.78 is 0. The van der Waals surface area contributed by atoms with Gasteiger partial charge in [-0.15, -0.1) is 0 Å². The molecule has 1 amide bonds. The lowest BCUT2D eigenvalue weighted by atomic mass is 10.1. The van der Waals surface area contributed by atoms with Gasteiger partial charge in [-0.3, -0.25) is 9.59 Å². The molecule has 1 aromatic heterocycles. The van der Waals surface area contributed by atoms with Gasteiger partial charge in [0.2, 0.25) is 5.91 Å². The lowest BCUT2D eigenvalue weighted by molar-refractivity contribution is -0.128. The Labute approximate surface area is 132 Å². The lowest BCUT2D eigenvalue weighted by Crippen LogP contribution is -2.31. The van der Waals surface area contributed by atoms with E-state index in [9.17, 15) is 9.59 Å². The van der Waals surface area contributed by atoms with Gasteiger partial charge in [0.05, 0.1) is 17.5 Å². The van der Waals surface area contributed by atoms with E-state index in [4.69, 9.17) is 0 Å². The van der Waals surface area contributed by atoms with Crippen LogP contribution in [0.4, 0.5) is 0 Å². The highest BCUT2D eigenvalue weighted by Gasteiger charge is 2.16. The van der Waals surface area contributed by atoms with Gasteiger partial charge < -0.3 is 4.90 Å². The summed E-state index contributed by atoms with van der Waals surface area (Å²) in [5.41, 5.74) is 1.68. The van der Waals surface area contributed by atoms with Gasteiger partial charge in [0.15, 0.2) is 0 Å². The number of hydrogen-bond donors (Lipinski definition) is 1. The third kappa shape index (κ3) is 3.06. The number of likely N-dealkylation sites (N-methyl/N-ethyl adjacent to an activating group) is 1. The molecule has 0 saturated heterocycles. The molecular formula is C16H17N3O2S. The fourth-order valence-corrected chi connectivity index (χ4v) is 3.46. The summed E-state index contributed by atoms with van der Waals surface area (Å²) >= 11 is 1.86. The Morgan fingerprint density at radius 1 is 1.36 bits per heavy atom. The molecule has 114 valence electrons. The molecule has 1 aliphatic heterocycles. The van der Waals surface area contributed by atoms with Crippen LogP contribution in [0.25, 0.3) is 10.8 Å². The average Bonchev–Trinajstić information content (AvgIpc) is 3.03. The SMILES string of the molecule is CN(CC1=CCSC1)C(=O)Cc1n[nH]c(=O)c2ccccc12. The number of amides is 1. The fourth-order valence-electron chi connectivity index (χ4n) is 2.51. The normalized spacial score (nSPS) is 14.1. The number of aromatic amines is 1. The van der Waals surface area contributed by atoms with E-state index in [2.05, 4.69) is 16.3 Å². The van der Waals surface area contributed by atoms with Crippen LogP contribution in [0.15, 0.2) is 40.7 Å². The van der Waals surface area contributed by atoms with E-state index in [0.717, 1.165) is 16.9 Å². The second kappa shape index (κ2) is 6.36. The van der Waals surface area contributed by atoms with Crippen LogP contribution in [-0.4, -0.2) is 46.1 Å². The van der Waals surface area contributed by atoms with Gasteiger partial charge in [-0.2, -0.15) is 16.9 Å². The molecule has 5 nitrogen and oxygen atoms in total. The maximum atomic E-state index is 12.4. The Kier molecular flexibility index (Phi) is 4.29. The molecule has 0 saturated carbocycles. The van der Waals surface area contributed by atoms with Crippen molar-refractivity contribution < 1.29 is 4.79 Å². The van der Waals surface area contributed by atoms with Crippen LogP contribution in [0.3, 0.4) is 0 Å². The van der Waals surface area contributed by atoms with Crippen LogP contribution in [0.2, 0.25) is 0 Å². The van der Waals surface area contributed by atoms with E-state index >= 15 is 0 Å². The molecule has 0 atom stereocenters. The van der Waals surface area contributed by atoms with E-state index in [-0.39, 0.29) is 17.9 Å². The maximum Gasteiger partial charge on any atom is 0.272 e. The number of hydrogen-bond acceptors (Lipinski definition) is 4. The number of rotatable bonds is 4. The largest absolute Gasteiger partial charge is 0.341 e. The monoisotopic (exact) mass is 315 g/mol. The maximum absolute atomic E-state index is 12.4. The van der Waals surface area contributed by atoms with Crippen molar-refractivity contribution in [1.82, 2.24) is 15.1 Å². The van der Waals surface area contributed by atoms with Crippen molar-refractivity contribution in [3.8, 4) is 0 Å². The number of benzene rings is 1. The predicted octanol–water partition coefficient (Wildman–Crippen LogP) is 1.60. The van der Waals surface area contributed by atoms with Crippen molar-refractivity contribution >= 4 is 28.4 Å². The van der Waals surface area contributed by atoms with Crippen molar-refractivity contribution in [3.05, 3.63) is 52.0 Å². The molecule has 6 heteroatoms. The fraction of sp³-hybridized carbons (Fsp3) is 0.312. The molecule has 2 aromatic rings. The summed E-state index contributed by atoms with van der Waals surface area (Å²) in [6, 6.07) is 7.23. The van der Waals surface area contributed by atoms with Gasteiger partial charge in [-0.25, -0.2) is 5.10 Å². The summed E-state index contributed by atoms with van der Waals surface area (Å²) in [6.45, 7) is 0.660. The van der Waals surface area contributed by atoms with E-state index in [1.807, 2.05) is 23.9 Å². The minimum Gasteiger partial charge on any atom is -0.341 e. The zero-order valence-corrected chi connectivity index (χ0v) is 13.2. The van der Waals surface area contributed by atoms with Crippen LogP contribution in [0.5, 0.6) is 0 Å². The zero-order valence-electron chi connectivity index (χ0n) is 12.3. The highest BCUT2D eigenvalue weighted by atomic mass is 32.2. The van der Waals surface area contributed by atoms with Crippen molar-refractivity contribution in [2.75, 3.05) is 25.1 Å². The number of fused-ring (bicyclic) bond motifs is 1. The number of nitrogens with zero attached hydrogens (tertiary/aromatic N) is 2. The molecule has 1 N–H and O–H groups in total. The molecule has 22 heavy (non-hydrogen) atoms. The molecule has 0 aliphatic carbocycles. The second-order valence-corrected chi connectivity index (χ2v) is 6.38. The van der Waals surface area contributed by atoms with Gasteiger partial charge >= 0.3 is 0 Å². The highest BCUT2D eigenvalue weighted by Crippen LogP contribution is 2.18. The van der Waals surface area contributed by atoms with Crippen molar-refractivity contribution in [3.63, 3.8) is 0 Å². The van der Waals surface area contributed by atoms with Crippen LogP contribution in [-0.2, 0) is 11.2 Å². The summed E-state index contributed by atoms with van der Waals surface area (Å²) in [7, 11) is 1.81. The summed E-state index contributed by atoms with van der Waals surface area (Å²) in [6.07, 6.45) is 2.37. The third-order valence-electron chi connectivity index (χ3n) is 3.74. The second-order valence-electron chi connectivity index (χ2n) is 5.35. The Balaban J connectivity index is 1.79. The van der Waals surface area contributed by atoms with E-state index in [1.54, 1.807) is 24.1 Å². The number of aromatic nitrogens is 2. The quantitative estimate of drug-likeness (QED) is 0.870. The number of nitrogens with one attached hydrogen (secondary N) is 1. The average molecular weight is 315 g/mol. The number of carbonyl (C=O) groups is 1. The molecular weight excluding hydrogens is 298 g/mol. The topological polar surface area (TPSA) is 66.1 Å². The van der Waals surface area contributed by atoms with Crippen molar-refractivity contribution in [2.45, 2.75) is 6.42 Å². The van der Waals surface area contributed by atoms with Gasteiger partial charge in [-0.1, -0.05) is 24.3 Å². The summed E-state index contributed by atoms with van der Waals surface area (Å²) in [4.78, 5) is 25.9. The molecule has 1 aliphatic rings. The molecule has 2 heterocycles. The first-order valence-electron chi connectivity index (χ1n) is 7.11. The smallest absolute Gasteiger partial charge is 0.272 e. The summed E-state index contributed by atoms with van der Waals surface area (Å²) in [5.74, 6) is 2.03. The van der Waals surface area contributed by atoms with E-state index < -0.39 is 0 Å². The van der Waals surface area contributed by atoms with Crippen LogP contribution >= 0.6 is 11.8 Å². The third-order valence-corrected chi connectivity index (χ3v) is 4.71. The van der Waals surface area contributed by atoms with E-state index in [1.165, 1.54) is 5.57 Å². The zero-order chi connectivity index (χ0) is 15.5.